The van der Waals surface area contributed by atoms with Crippen LogP contribution < -0.4 is 10.5 Å². The molecule has 0 amide bonds. The second-order valence-corrected chi connectivity index (χ2v) is 4.70. The molecule has 0 spiro atoms. The zero-order chi connectivity index (χ0) is 13.8. The molecule has 2 aromatic carbocycles. The normalized spacial score (nSPS) is 12.2. The average molecular weight is 280 g/mol. The standard InChI is InChI=1S/C15H15ClFNO/c1-19-15-9-11(6-7-12(15)16)14(18)8-10-4-2-3-5-13(10)17/h2-7,9,14H,8,18H2,1H3. The van der Waals surface area contributed by atoms with Crippen molar-refractivity contribution in [2.45, 2.75) is 12.5 Å². The van der Waals surface area contributed by atoms with E-state index in [1.54, 1.807) is 37.4 Å². The lowest BCUT2D eigenvalue weighted by molar-refractivity contribution is 0.414. The third-order valence-electron chi connectivity index (χ3n) is 3.00. The van der Waals surface area contributed by atoms with Crippen molar-refractivity contribution >= 4 is 11.6 Å². The molecule has 0 aliphatic rings. The number of hydrogen-bond donors (Lipinski definition) is 1. The Morgan fingerprint density at radius 2 is 2.00 bits per heavy atom. The van der Waals surface area contributed by atoms with Gasteiger partial charge in [0.25, 0.3) is 0 Å². The molecule has 0 radical (unpaired) electrons. The maximum Gasteiger partial charge on any atom is 0.137 e. The quantitative estimate of drug-likeness (QED) is 0.925. The van der Waals surface area contributed by atoms with Crippen LogP contribution in [0.2, 0.25) is 5.02 Å². The highest BCUT2D eigenvalue weighted by Gasteiger charge is 2.12. The Labute approximate surface area is 117 Å². The Balaban J connectivity index is 2.20. The van der Waals surface area contributed by atoms with E-state index in [-0.39, 0.29) is 11.9 Å². The van der Waals surface area contributed by atoms with Gasteiger partial charge in [0.2, 0.25) is 0 Å². The van der Waals surface area contributed by atoms with Gasteiger partial charge in [0.05, 0.1) is 12.1 Å². The number of hydrogen-bond acceptors (Lipinski definition) is 2. The minimum absolute atomic E-state index is 0.237. The summed E-state index contributed by atoms with van der Waals surface area (Å²) in [6.45, 7) is 0. The maximum absolute atomic E-state index is 13.6. The maximum atomic E-state index is 13.6. The molecule has 19 heavy (non-hydrogen) atoms. The van der Waals surface area contributed by atoms with Crippen molar-refractivity contribution in [3.63, 3.8) is 0 Å². The van der Waals surface area contributed by atoms with Crippen LogP contribution in [0.4, 0.5) is 4.39 Å². The first-order chi connectivity index (χ1) is 9.11. The third kappa shape index (κ3) is 3.25. The highest BCUT2D eigenvalue weighted by atomic mass is 35.5. The van der Waals surface area contributed by atoms with Gasteiger partial charge in [-0.2, -0.15) is 0 Å². The third-order valence-corrected chi connectivity index (χ3v) is 3.31. The molecule has 2 N–H and O–H groups in total. The molecule has 1 unspecified atom stereocenters. The van der Waals surface area contributed by atoms with Crippen molar-refractivity contribution in [2.75, 3.05) is 7.11 Å². The van der Waals surface area contributed by atoms with E-state index in [0.29, 0.717) is 22.8 Å². The van der Waals surface area contributed by atoms with Crippen LogP contribution in [0.25, 0.3) is 0 Å². The summed E-state index contributed by atoms with van der Waals surface area (Å²) in [5.74, 6) is 0.335. The first-order valence-corrected chi connectivity index (χ1v) is 6.32. The lowest BCUT2D eigenvalue weighted by Gasteiger charge is -2.14. The molecule has 2 nitrogen and oxygen atoms in total. The summed E-state index contributed by atoms with van der Waals surface area (Å²) in [6.07, 6.45) is 0.428. The van der Waals surface area contributed by atoms with Crippen LogP contribution in [-0.2, 0) is 6.42 Å². The van der Waals surface area contributed by atoms with Gasteiger partial charge in [-0.15, -0.1) is 0 Å². The monoisotopic (exact) mass is 279 g/mol. The molecule has 4 heteroatoms. The molecule has 0 fully saturated rings. The fourth-order valence-corrected chi connectivity index (χ4v) is 2.12. The molecule has 1 atom stereocenters. The first kappa shape index (κ1) is 13.8. The van der Waals surface area contributed by atoms with Crippen LogP contribution in [0, 0.1) is 5.82 Å². The van der Waals surface area contributed by atoms with Gasteiger partial charge >= 0.3 is 0 Å². The molecule has 0 saturated heterocycles. The SMILES string of the molecule is COc1cc(C(N)Cc2ccccc2F)ccc1Cl. The van der Waals surface area contributed by atoms with Crippen molar-refractivity contribution in [2.24, 2.45) is 5.73 Å². The molecule has 0 aliphatic carbocycles. The number of benzene rings is 2. The Morgan fingerprint density at radius 1 is 1.26 bits per heavy atom. The van der Waals surface area contributed by atoms with Crippen LogP contribution in [0.3, 0.4) is 0 Å². The predicted molar refractivity (Wildman–Crippen MR) is 75.0 cm³/mol. The van der Waals surface area contributed by atoms with E-state index < -0.39 is 0 Å². The zero-order valence-electron chi connectivity index (χ0n) is 10.6. The van der Waals surface area contributed by atoms with Crippen LogP contribution in [0.1, 0.15) is 17.2 Å². The minimum atomic E-state index is -0.303. The van der Waals surface area contributed by atoms with Crippen molar-refractivity contribution in [3.05, 3.63) is 64.4 Å². The van der Waals surface area contributed by atoms with Gasteiger partial charge < -0.3 is 10.5 Å². The fraction of sp³-hybridized carbons (Fsp3) is 0.200. The fourth-order valence-electron chi connectivity index (χ4n) is 1.93. The van der Waals surface area contributed by atoms with E-state index in [1.165, 1.54) is 6.07 Å². The summed E-state index contributed by atoms with van der Waals surface area (Å²) in [5.41, 5.74) is 7.57. The predicted octanol–water partition coefficient (Wildman–Crippen LogP) is 3.73. The van der Waals surface area contributed by atoms with Gasteiger partial charge in [-0.05, 0) is 35.7 Å². The van der Waals surface area contributed by atoms with Crippen molar-refractivity contribution < 1.29 is 9.13 Å². The molecule has 0 heterocycles. The second-order valence-electron chi connectivity index (χ2n) is 4.30. The average Bonchev–Trinajstić information content (AvgIpc) is 2.42. The smallest absolute Gasteiger partial charge is 0.137 e. The van der Waals surface area contributed by atoms with E-state index in [9.17, 15) is 4.39 Å². The molecule has 2 aromatic rings. The van der Waals surface area contributed by atoms with Gasteiger partial charge in [-0.3, -0.25) is 0 Å². The summed E-state index contributed by atoms with van der Waals surface area (Å²) in [6, 6.07) is 11.7. The van der Waals surface area contributed by atoms with Gasteiger partial charge in [-0.25, -0.2) is 4.39 Å². The Bertz CT molecular complexity index is 574. The number of halogens is 2. The number of nitrogens with two attached hydrogens (primary N) is 1. The van der Waals surface area contributed by atoms with E-state index in [4.69, 9.17) is 22.1 Å². The van der Waals surface area contributed by atoms with E-state index in [2.05, 4.69) is 0 Å². The van der Waals surface area contributed by atoms with Gasteiger partial charge in [0.1, 0.15) is 11.6 Å². The lowest BCUT2D eigenvalue weighted by Crippen LogP contribution is -2.14. The first-order valence-electron chi connectivity index (χ1n) is 5.94. The van der Waals surface area contributed by atoms with Crippen LogP contribution in [0.5, 0.6) is 5.75 Å². The summed E-state index contributed by atoms with van der Waals surface area (Å²) in [7, 11) is 1.55. The summed E-state index contributed by atoms with van der Waals surface area (Å²) in [5, 5.41) is 0.532. The van der Waals surface area contributed by atoms with E-state index in [1.807, 2.05) is 6.07 Å². The zero-order valence-corrected chi connectivity index (χ0v) is 11.3. The van der Waals surface area contributed by atoms with Gasteiger partial charge in [0.15, 0.2) is 0 Å². The number of methoxy groups -OCH3 is 1. The van der Waals surface area contributed by atoms with Crippen LogP contribution >= 0.6 is 11.6 Å². The molecule has 100 valence electrons. The van der Waals surface area contributed by atoms with Crippen molar-refractivity contribution in [1.82, 2.24) is 0 Å². The molecule has 2 rings (SSSR count). The lowest BCUT2D eigenvalue weighted by atomic mass is 9.99. The highest BCUT2D eigenvalue weighted by Crippen LogP contribution is 2.28. The second kappa shape index (κ2) is 6.04. The number of ether oxygens (including phenoxy) is 1. The molecule has 0 aliphatic heterocycles. The Morgan fingerprint density at radius 3 is 2.68 bits per heavy atom. The van der Waals surface area contributed by atoms with Crippen LogP contribution in [-0.4, -0.2) is 7.11 Å². The summed E-state index contributed by atoms with van der Waals surface area (Å²) in [4.78, 5) is 0. The topological polar surface area (TPSA) is 35.2 Å². The van der Waals surface area contributed by atoms with E-state index >= 15 is 0 Å². The van der Waals surface area contributed by atoms with E-state index in [0.717, 1.165) is 5.56 Å². The highest BCUT2D eigenvalue weighted by molar-refractivity contribution is 6.32. The summed E-state index contributed by atoms with van der Waals surface area (Å²) < 4.78 is 18.7. The molecule has 0 saturated carbocycles. The molecule has 0 aromatic heterocycles. The molecule has 0 bridgehead atoms. The molecular weight excluding hydrogens is 265 g/mol. The van der Waals surface area contributed by atoms with Gasteiger partial charge in [0, 0.05) is 6.04 Å². The van der Waals surface area contributed by atoms with Crippen molar-refractivity contribution in [1.29, 1.82) is 0 Å². The minimum Gasteiger partial charge on any atom is -0.495 e. The molecular formula is C15H15ClFNO. The van der Waals surface area contributed by atoms with Crippen LogP contribution in [0.15, 0.2) is 42.5 Å². The number of rotatable bonds is 4. The Hall–Kier alpha value is -1.58. The summed E-state index contributed by atoms with van der Waals surface area (Å²) >= 11 is 5.96. The largest absolute Gasteiger partial charge is 0.495 e. The Kier molecular flexibility index (Phi) is 4.40. The van der Waals surface area contributed by atoms with Gasteiger partial charge in [-0.1, -0.05) is 35.9 Å². The van der Waals surface area contributed by atoms with Crippen molar-refractivity contribution in [3.8, 4) is 5.75 Å².